The lowest BCUT2D eigenvalue weighted by molar-refractivity contribution is -0.145. The van der Waals surface area contributed by atoms with Gasteiger partial charge in [0.2, 0.25) is 5.82 Å². The van der Waals surface area contributed by atoms with Crippen molar-refractivity contribution in [3.8, 4) is 11.1 Å². The van der Waals surface area contributed by atoms with Crippen molar-refractivity contribution in [1.82, 2.24) is 24.2 Å². The average molecular weight is 556 g/mol. The summed E-state index contributed by atoms with van der Waals surface area (Å²) in [7, 11) is -4.39. The smallest absolute Gasteiger partial charge is 0.298 e. The molecule has 0 aromatic carbocycles. The minimum Gasteiger partial charge on any atom is -0.298 e. The molecule has 0 saturated carbocycles. The number of sulfonamides is 1. The SMILES string of the molecule is Cc1ncc(-c2cnc(C(F)(F)F)nc2)cc1CCC(=O)[C@@H]1C[C@@H](F)[C@H](C)N1S(=O)(=O)c1ccc(F)cn1. The molecule has 0 radical (unpaired) electrons. The van der Waals surface area contributed by atoms with Gasteiger partial charge in [-0.1, -0.05) is 0 Å². The predicted octanol–water partition coefficient (Wildman–Crippen LogP) is 4.09. The van der Waals surface area contributed by atoms with E-state index in [0.29, 0.717) is 16.8 Å². The highest BCUT2D eigenvalue weighted by Gasteiger charge is 2.49. The third-order valence-corrected chi connectivity index (χ3v) is 8.28. The van der Waals surface area contributed by atoms with Crippen LogP contribution in [0, 0.1) is 12.7 Å². The van der Waals surface area contributed by atoms with Crippen LogP contribution < -0.4 is 0 Å². The molecule has 8 nitrogen and oxygen atoms in total. The molecule has 1 aliphatic heterocycles. The van der Waals surface area contributed by atoms with Crippen LogP contribution in [0.15, 0.2) is 48.0 Å². The first-order valence-corrected chi connectivity index (χ1v) is 12.9. The summed E-state index contributed by atoms with van der Waals surface area (Å²) in [5, 5.41) is -0.496. The summed E-state index contributed by atoms with van der Waals surface area (Å²) in [6.45, 7) is 3.03. The number of pyridine rings is 2. The number of ketones is 1. The van der Waals surface area contributed by atoms with Gasteiger partial charge in [0.25, 0.3) is 10.0 Å². The van der Waals surface area contributed by atoms with Crippen molar-refractivity contribution in [1.29, 1.82) is 0 Å². The van der Waals surface area contributed by atoms with Crippen LogP contribution in [0.5, 0.6) is 0 Å². The van der Waals surface area contributed by atoms with E-state index in [2.05, 4.69) is 19.9 Å². The Hall–Kier alpha value is -3.39. The summed E-state index contributed by atoms with van der Waals surface area (Å²) in [6.07, 6.45) is -2.44. The average Bonchev–Trinajstić information content (AvgIpc) is 3.18. The number of hydrogen-bond donors (Lipinski definition) is 0. The van der Waals surface area contributed by atoms with Crippen molar-refractivity contribution < 1.29 is 35.2 Å². The fourth-order valence-corrected chi connectivity index (χ4v) is 6.03. The molecule has 0 N–H and O–H groups in total. The number of carbonyl (C=O) groups is 1. The highest BCUT2D eigenvalue weighted by atomic mass is 32.2. The molecule has 0 spiro atoms. The van der Waals surface area contributed by atoms with Gasteiger partial charge in [-0.15, -0.1) is 0 Å². The molecule has 14 heteroatoms. The highest BCUT2D eigenvalue weighted by Crippen LogP contribution is 2.34. The van der Waals surface area contributed by atoms with Gasteiger partial charge < -0.3 is 0 Å². The molecule has 4 rings (SSSR count). The van der Waals surface area contributed by atoms with E-state index < -0.39 is 56.9 Å². The largest absolute Gasteiger partial charge is 0.451 e. The van der Waals surface area contributed by atoms with Gasteiger partial charge in [-0.2, -0.15) is 17.5 Å². The van der Waals surface area contributed by atoms with Crippen LogP contribution in [0.4, 0.5) is 22.0 Å². The summed E-state index contributed by atoms with van der Waals surface area (Å²) < 4.78 is 93.3. The third-order valence-electron chi connectivity index (χ3n) is 6.37. The minimum atomic E-state index is -4.68. The van der Waals surface area contributed by atoms with Crippen molar-refractivity contribution in [2.45, 2.75) is 62.6 Å². The van der Waals surface area contributed by atoms with Crippen LogP contribution in [0.3, 0.4) is 0 Å². The molecule has 202 valence electrons. The lowest BCUT2D eigenvalue weighted by atomic mass is 9.99. The van der Waals surface area contributed by atoms with Crippen LogP contribution in [-0.4, -0.2) is 56.7 Å². The van der Waals surface area contributed by atoms with Crippen LogP contribution >= 0.6 is 0 Å². The maximum Gasteiger partial charge on any atom is 0.451 e. The number of rotatable bonds is 7. The first kappa shape index (κ1) is 27.6. The van der Waals surface area contributed by atoms with Gasteiger partial charge in [0, 0.05) is 48.3 Å². The summed E-state index contributed by atoms with van der Waals surface area (Å²) in [5.74, 6) is -2.55. The zero-order valence-electron chi connectivity index (χ0n) is 20.2. The predicted molar refractivity (Wildman–Crippen MR) is 124 cm³/mol. The van der Waals surface area contributed by atoms with Crippen molar-refractivity contribution in [3.05, 3.63) is 65.9 Å². The van der Waals surface area contributed by atoms with E-state index in [1.807, 2.05) is 0 Å². The minimum absolute atomic E-state index is 0.123. The van der Waals surface area contributed by atoms with Gasteiger partial charge in [0.1, 0.15) is 12.0 Å². The normalized spacial score (nSPS) is 20.6. The van der Waals surface area contributed by atoms with Crippen molar-refractivity contribution >= 4 is 15.8 Å². The Balaban J connectivity index is 1.53. The number of halogens is 5. The van der Waals surface area contributed by atoms with Gasteiger partial charge >= 0.3 is 6.18 Å². The maximum atomic E-state index is 14.6. The number of aryl methyl sites for hydroxylation is 2. The Morgan fingerprint density at radius 2 is 1.71 bits per heavy atom. The number of alkyl halides is 4. The van der Waals surface area contributed by atoms with E-state index in [4.69, 9.17) is 0 Å². The molecular weight excluding hydrogens is 533 g/mol. The molecule has 3 atom stereocenters. The molecule has 1 fully saturated rings. The lowest BCUT2D eigenvalue weighted by Gasteiger charge is -2.26. The van der Waals surface area contributed by atoms with E-state index in [-0.39, 0.29) is 24.8 Å². The molecule has 4 heterocycles. The molecular formula is C24H22F5N5O3S. The zero-order valence-corrected chi connectivity index (χ0v) is 21.0. The fourth-order valence-electron chi connectivity index (χ4n) is 4.28. The fraction of sp³-hybridized carbons (Fsp3) is 0.375. The van der Waals surface area contributed by atoms with E-state index in [1.54, 1.807) is 13.0 Å². The quantitative estimate of drug-likeness (QED) is 0.405. The summed E-state index contributed by atoms with van der Waals surface area (Å²) >= 11 is 0. The van der Waals surface area contributed by atoms with Crippen molar-refractivity contribution in [3.63, 3.8) is 0 Å². The number of hydrogen-bond acceptors (Lipinski definition) is 7. The number of nitrogens with zero attached hydrogens (tertiary/aromatic N) is 5. The Labute approximate surface area is 215 Å². The van der Waals surface area contributed by atoms with E-state index in [0.717, 1.165) is 35.0 Å². The molecule has 3 aromatic heterocycles. The standard InChI is InChI=1S/C24H22F5N5O3S/c1-13-15(7-16(9-30-13)17-10-32-23(33-11-17)24(27,28)29)3-5-21(35)20-8-19(26)14(2)34(20)38(36,37)22-6-4-18(25)12-31-22/h4,6-7,9-12,14,19-20H,3,5,8H2,1-2H3/t14-,19+,20-/m0/s1. The Bertz CT molecular complexity index is 1430. The van der Waals surface area contributed by atoms with Crippen LogP contribution in [-0.2, 0) is 27.4 Å². The van der Waals surface area contributed by atoms with Gasteiger partial charge in [0.05, 0.1) is 18.3 Å². The van der Waals surface area contributed by atoms with Gasteiger partial charge in [-0.05, 0) is 44.0 Å². The van der Waals surface area contributed by atoms with Gasteiger partial charge in [0.15, 0.2) is 10.8 Å². The Kier molecular flexibility index (Phi) is 7.57. The van der Waals surface area contributed by atoms with Crippen LogP contribution in [0.2, 0.25) is 0 Å². The number of aromatic nitrogens is 4. The van der Waals surface area contributed by atoms with Gasteiger partial charge in [-0.25, -0.2) is 32.2 Å². The maximum absolute atomic E-state index is 14.6. The van der Waals surface area contributed by atoms with Crippen LogP contribution in [0.25, 0.3) is 11.1 Å². The first-order chi connectivity index (χ1) is 17.8. The molecule has 0 bridgehead atoms. The van der Waals surface area contributed by atoms with Crippen LogP contribution in [0.1, 0.15) is 36.8 Å². The number of Topliss-reactive ketones (excluding diaryl/α,β-unsaturated/α-hetero) is 1. The molecule has 1 saturated heterocycles. The molecule has 38 heavy (non-hydrogen) atoms. The second-order valence-electron chi connectivity index (χ2n) is 8.89. The molecule has 0 amide bonds. The van der Waals surface area contributed by atoms with Crippen molar-refractivity contribution in [2.75, 3.05) is 0 Å². The topological polar surface area (TPSA) is 106 Å². The highest BCUT2D eigenvalue weighted by molar-refractivity contribution is 7.89. The Morgan fingerprint density at radius 3 is 2.32 bits per heavy atom. The third kappa shape index (κ3) is 5.55. The lowest BCUT2D eigenvalue weighted by Crippen LogP contribution is -2.45. The monoisotopic (exact) mass is 555 g/mol. The second kappa shape index (κ2) is 10.4. The molecule has 3 aromatic rings. The zero-order chi connectivity index (χ0) is 27.8. The first-order valence-electron chi connectivity index (χ1n) is 11.5. The molecule has 0 aliphatic carbocycles. The van der Waals surface area contributed by atoms with Gasteiger partial charge in [-0.3, -0.25) is 9.78 Å². The second-order valence-corrected chi connectivity index (χ2v) is 10.7. The molecule has 0 unspecified atom stereocenters. The summed E-state index contributed by atoms with van der Waals surface area (Å²) in [5.41, 5.74) is 1.86. The summed E-state index contributed by atoms with van der Waals surface area (Å²) in [6, 6.07) is 1.09. The van der Waals surface area contributed by atoms with Crippen molar-refractivity contribution in [2.24, 2.45) is 0 Å². The number of carbonyl (C=O) groups excluding carboxylic acids is 1. The van der Waals surface area contributed by atoms with E-state index in [9.17, 15) is 35.2 Å². The van der Waals surface area contributed by atoms with E-state index >= 15 is 0 Å². The molecule has 1 aliphatic rings. The van der Waals surface area contributed by atoms with E-state index in [1.165, 1.54) is 13.1 Å². The Morgan fingerprint density at radius 1 is 1.05 bits per heavy atom. The summed E-state index contributed by atoms with van der Waals surface area (Å²) in [4.78, 5) is 27.7.